The summed E-state index contributed by atoms with van der Waals surface area (Å²) in [4.78, 5) is 26.3. The van der Waals surface area contributed by atoms with Crippen LogP contribution >= 0.6 is 11.6 Å². The van der Waals surface area contributed by atoms with E-state index in [1.54, 1.807) is 12.3 Å². The maximum absolute atomic E-state index is 12.5. The van der Waals surface area contributed by atoms with Gasteiger partial charge in [-0.15, -0.1) is 0 Å². The topological polar surface area (TPSA) is 99.9 Å². The second kappa shape index (κ2) is 7.94. The smallest absolute Gasteiger partial charge is 0.252 e. The lowest BCUT2D eigenvalue weighted by molar-refractivity contribution is -0.116. The van der Waals surface area contributed by atoms with Crippen LogP contribution in [0.4, 0.5) is 5.69 Å². The number of amides is 2. The predicted octanol–water partition coefficient (Wildman–Crippen LogP) is 2.03. The first kappa shape index (κ1) is 20.4. The van der Waals surface area contributed by atoms with Crippen molar-refractivity contribution in [1.82, 2.24) is 10.2 Å². The predicted molar refractivity (Wildman–Crippen MR) is 105 cm³/mol. The average molecular weight is 426 g/mol. The lowest BCUT2D eigenvalue weighted by Gasteiger charge is -2.22. The van der Waals surface area contributed by atoms with Crippen LogP contribution in [-0.2, 0) is 14.8 Å². The molecule has 0 saturated carbocycles. The van der Waals surface area contributed by atoms with Crippen LogP contribution in [0, 0.1) is 0 Å². The molecule has 2 heterocycles. The summed E-state index contributed by atoms with van der Waals surface area (Å²) < 4.78 is 30.2. The summed E-state index contributed by atoms with van der Waals surface area (Å²) in [5.74, 6) is -0.444. The summed E-state index contributed by atoms with van der Waals surface area (Å²) in [5, 5.41) is 2.86. The number of hydrogen-bond donors (Lipinski definition) is 1. The fraction of sp³-hybridized carbons (Fsp3) is 0.333. The van der Waals surface area contributed by atoms with Crippen molar-refractivity contribution in [3.8, 4) is 0 Å². The summed E-state index contributed by atoms with van der Waals surface area (Å²) in [6, 6.07) is 7.56. The van der Waals surface area contributed by atoms with E-state index in [4.69, 9.17) is 16.0 Å². The van der Waals surface area contributed by atoms with Crippen LogP contribution in [0.15, 0.2) is 41.0 Å². The quantitative estimate of drug-likeness (QED) is 0.760. The van der Waals surface area contributed by atoms with Crippen molar-refractivity contribution in [2.24, 2.45) is 0 Å². The van der Waals surface area contributed by atoms with Gasteiger partial charge in [-0.25, -0.2) is 12.7 Å². The molecule has 2 amide bonds. The van der Waals surface area contributed by atoms with Gasteiger partial charge in [-0.2, -0.15) is 0 Å². The number of hydrogen-bond acceptors (Lipinski definition) is 6. The Morgan fingerprint density at radius 3 is 2.64 bits per heavy atom. The molecule has 1 atom stereocenters. The molecule has 0 bridgehead atoms. The number of likely N-dealkylation sites (N-methyl/N-ethyl adjacent to an activating group) is 1. The number of anilines is 1. The number of rotatable bonds is 6. The summed E-state index contributed by atoms with van der Waals surface area (Å²) in [5.41, 5.74) is 0.317. The summed E-state index contributed by atoms with van der Waals surface area (Å²) in [7, 11) is 0.0527. The number of carbonyl (C=O) groups excluding carboxylic acids is 2. The minimum Gasteiger partial charge on any atom is -0.468 e. The maximum Gasteiger partial charge on any atom is 0.252 e. The van der Waals surface area contributed by atoms with Crippen molar-refractivity contribution in [2.45, 2.75) is 12.5 Å². The SMILES string of the molecule is CN(C)C(CNC(=O)c1ccc(N2C(=O)CCS2(=O)=O)cc1Cl)c1ccco1. The largest absolute Gasteiger partial charge is 0.468 e. The summed E-state index contributed by atoms with van der Waals surface area (Å²) in [6.45, 7) is 0.288. The zero-order valence-corrected chi connectivity index (χ0v) is 17.0. The first-order valence-electron chi connectivity index (χ1n) is 8.54. The number of halogens is 1. The van der Waals surface area contributed by atoms with Gasteiger partial charge in [0.2, 0.25) is 15.9 Å². The van der Waals surface area contributed by atoms with E-state index in [2.05, 4.69) is 5.32 Å². The van der Waals surface area contributed by atoms with Gasteiger partial charge in [0, 0.05) is 13.0 Å². The van der Waals surface area contributed by atoms with Gasteiger partial charge in [-0.05, 0) is 44.4 Å². The lowest BCUT2D eigenvalue weighted by atomic mass is 10.1. The van der Waals surface area contributed by atoms with Crippen LogP contribution in [0.25, 0.3) is 0 Å². The first-order chi connectivity index (χ1) is 13.2. The van der Waals surface area contributed by atoms with E-state index >= 15 is 0 Å². The Morgan fingerprint density at radius 1 is 1.36 bits per heavy atom. The first-order valence-corrected chi connectivity index (χ1v) is 10.5. The van der Waals surface area contributed by atoms with E-state index in [0.717, 1.165) is 4.31 Å². The van der Waals surface area contributed by atoms with Crippen LogP contribution in [0.1, 0.15) is 28.6 Å². The fourth-order valence-corrected chi connectivity index (χ4v) is 4.70. The van der Waals surface area contributed by atoms with Gasteiger partial charge in [-0.1, -0.05) is 11.6 Å². The molecule has 0 spiro atoms. The van der Waals surface area contributed by atoms with Crippen LogP contribution in [0.3, 0.4) is 0 Å². The molecule has 0 radical (unpaired) electrons. The van der Waals surface area contributed by atoms with Crippen molar-refractivity contribution < 1.29 is 22.4 Å². The third-order valence-electron chi connectivity index (χ3n) is 4.46. The molecule has 1 aromatic carbocycles. The third kappa shape index (κ3) is 4.06. The number of sulfonamides is 1. The molecule has 1 saturated heterocycles. The molecule has 1 unspecified atom stereocenters. The van der Waals surface area contributed by atoms with Crippen molar-refractivity contribution in [3.63, 3.8) is 0 Å². The molecular formula is C18H20ClN3O5S. The van der Waals surface area contributed by atoms with Crippen LogP contribution in [0.5, 0.6) is 0 Å². The lowest BCUT2D eigenvalue weighted by Crippen LogP contribution is -2.34. The Kier molecular flexibility index (Phi) is 5.78. The van der Waals surface area contributed by atoms with Crippen LogP contribution in [-0.4, -0.2) is 51.5 Å². The van der Waals surface area contributed by atoms with E-state index in [-0.39, 0.29) is 41.0 Å². The molecule has 1 N–H and O–H groups in total. The van der Waals surface area contributed by atoms with E-state index in [0.29, 0.717) is 5.76 Å². The Hall–Kier alpha value is -2.36. The second-order valence-corrected chi connectivity index (χ2v) is 8.94. The zero-order valence-electron chi connectivity index (χ0n) is 15.4. The molecule has 10 heteroatoms. The van der Waals surface area contributed by atoms with Crippen LogP contribution in [0.2, 0.25) is 5.02 Å². The molecule has 3 rings (SSSR count). The number of furan rings is 1. The normalized spacial score (nSPS) is 17.1. The van der Waals surface area contributed by atoms with E-state index < -0.39 is 21.8 Å². The fourth-order valence-electron chi connectivity index (χ4n) is 2.99. The molecule has 150 valence electrons. The van der Waals surface area contributed by atoms with Gasteiger partial charge < -0.3 is 9.73 Å². The van der Waals surface area contributed by atoms with Gasteiger partial charge in [0.05, 0.1) is 34.3 Å². The van der Waals surface area contributed by atoms with Gasteiger partial charge in [-0.3, -0.25) is 14.5 Å². The molecule has 1 aliphatic rings. The minimum absolute atomic E-state index is 0.0595. The summed E-state index contributed by atoms with van der Waals surface area (Å²) >= 11 is 6.20. The molecular weight excluding hydrogens is 406 g/mol. The van der Waals surface area contributed by atoms with Crippen molar-refractivity contribution in [3.05, 3.63) is 52.9 Å². The van der Waals surface area contributed by atoms with Gasteiger partial charge in [0.25, 0.3) is 5.91 Å². The Morgan fingerprint density at radius 2 is 2.11 bits per heavy atom. The number of carbonyl (C=O) groups is 2. The minimum atomic E-state index is -3.69. The highest BCUT2D eigenvalue weighted by molar-refractivity contribution is 7.94. The molecule has 1 fully saturated rings. The molecule has 0 aliphatic carbocycles. The van der Waals surface area contributed by atoms with E-state index in [9.17, 15) is 18.0 Å². The Balaban J connectivity index is 1.75. The second-order valence-electron chi connectivity index (χ2n) is 6.59. The standard InChI is InChI=1S/C18H20ClN3O5S/c1-21(2)15(16-4-3-8-27-16)11-20-18(24)13-6-5-12(10-14(13)19)22-17(23)7-9-28(22,25)26/h3-6,8,10,15H,7,9,11H2,1-2H3,(H,20,24). The Bertz CT molecular complexity index is 989. The Labute approximate surface area is 168 Å². The number of benzene rings is 1. The third-order valence-corrected chi connectivity index (χ3v) is 6.46. The molecule has 2 aromatic rings. The molecule has 1 aromatic heterocycles. The van der Waals surface area contributed by atoms with Gasteiger partial charge in [0.15, 0.2) is 0 Å². The monoisotopic (exact) mass is 425 g/mol. The van der Waals surface area contributed by atoms with E-state index in [1.807, 2.05) is 25.1 Å². The van der Waals surface area contributed by atoms with Crippen molar-refractivity contribution >= 4 is 39.1 Å². The van der Waals surface area contributed by atoms with Crippen LogP contribution < -0.4 is 9.62 Å². The summed E-state index contributed by atoms with van der Waals surface area (Å²) in [6.07, 6.45) is 1.50. The maximum atomic E-state index is 12.5. The van der Waals surface area contributed by atoms with Gasteiger partial charge >= 0.3 is 0 Å². The number of nitrogens with one attached hydrogen (secondary N) is 1. The van der Waals surface area contributed by atoms with Crippen molar-refractivity contribution in [2.75, 3.05) is 30.7 Å². The van der Waals surface area contributed by atoms with E-state index in [1.165, 1.54) is 18.2 Å². The highest BCUT2D eigenvalue weighted by atomic mass is 35.5. The van der Waals surface area contributed by atoms with Gasteiger partial charge in [0.1, 0.15) is 5.76 Å². The zero-order chi connectivity index (χ0) is 20.5. The molecule has 1 aliphatic heterocycles. The highest BCUT2D eigenvalue weighted by Crippen LogP contribution is 2.29. The average Bonchev–Trinajstić information content (AvgIpc) is 3.22. The highest BCUT2D eigenvalue weighted by Gasteiger charge is 2.36. The molecule has 28 heavy (non-hydrogen) atoms. The molecule has 8 nitrogen and oxygen atoms in total. The van der Waals surface area contributed by atoms with Crippen molar-refractivity contribution in [1.29, 1.82) is 0 Å². The number of nitrogens with zero attached hydrogens (tertiary/aromatic N) is 2.